The molecule has 4 unspecified atom stereocenters. The van der Waals surface area contributed by atoms with Gasteiger partial charge in [-0.15, -0.1) is 0 Å². The van der Waals surface area contributed by atoms with Gasteiger partial charge in [-0.25, -0.2) is 4.79 Å². The van der Waals surface area contributed by atoms with Crippen molar-refractivity contribution >= 4 is 23.7 Å². The van der Waals surface area contributed by atoms with E-state index in [-0.39, 0.29) is 30.9 Å². The largest absolute Gasteiger partial charge is 0.508 e. The third kappa shape index (κ3) is 8.08. The third-order valence-corrected chi connectivity index (χ3v) is 4.82. The Morgan fingerprint density at radius 2 is 1.67 bits per heavy atom. The number of nitrogens with one attached hydrogen (secondary N) is 2. The molecule has 0 aromatic heterocycles. The van der Waals surface area contributed by atoms with Crippen LogP contribution in [0.25, 0.3) is 0 Å². The molecule has 0 saturated carbocycles. The molecule has 0 spiro atoms. The van der Waals surface area contributed by atoms with Crippen LogP contribution in [0.5, 0.6) is 5.75 Å². The van der Waals surface area contributed by atoms with Crippen molar-refractivity contribution in [2.24, 2.45) is 17.4 Å². The number of aliphatic carboxylic acids is 1. The van der Waals surface area contributed by atoms with Gasteiger partial charge >= 0.3 is 5.97 Å². The number of carboxylic acids is 1. The van der Waals surface area contributed by atoms with Crippen LogP contribution in [0.4, 0.5) is 0 Å². The van der Waals surface area contributed by atoms with Gasteiger partial charge in [-0.05, 0) is 30.0 Å². The van der Waals surface area contributed by atoms with Gasteiger partial charge in [-0.2, -0.15) is 0 Å². The Labute approximate surface area is 175 Å². The molecule has 0 fully saturated rings. The molecule has 1 aromatic carbocycles. The maximum absolute atomic E-state index is 12.8. The maximum Gasteiger partial charge on any atom is 0.326 e. The van der Waals surface area contributed by atoms with Gasteiger partial charge < -0.3 is 32.3 Å². The van der Waals surface area contributed by atoms with Gasteiger partial charge in [0.2, 0.25) is 17.7 Å². The van der Waals surface area contributed by atoms with Gasteiger partial charge in [0, 0.05) is 12.8 Å². The van der Waals surface area contributed by atoms with Gasteiger partial charge in [-0.1, -0.05) is 32.4 Å². The number of phenolic OH excluding ortho intramolecular Hbond substituents is 1. The van der Waals surface area contributed by atoms with Crippen LogP contribution in [-0.2, 0) is 25.6 Å². The van der Waals surface area contributed by atoms with Gasteiger partial charge in [0.05, 0.1) is 6.04 Å². The fourth-order valence-electron chi connectivity index (χ4n) is 2.72. The summed E-state index contributed by atoms with van der Waals surface area (Å²) in [5, 5.41) is 23.8. The van der Waals surface area contributed by atoms with Crippen LogP contribution >= 0.6 is 0 Å². The minimum atomic E-state index is -1.18. The number of carbonyl (C=O) groups excluding carboxylic acids is 3. The lowest BCUT2D eigenvalue weighted by Crippen LogP contribution is -2.56. The van der Waals surface area contributed by atoms with E-state index in [1.807, 2.05) is 0 Å². The van der Waals surface area contributed by atoms with Crippen molar-refractivity contribution in [3.05, 3.63) is 29.8 Å². The number of hydrogen-bond donors (Lipinski definition) is 6. The minimum absolute atomic E-state index is 0.0132. The summed E-state index contributed by atoms with van der Waals surface area (Å²) in [5.41, 5.74) is 11.5. The molecule has 4 atom stereocenters. The first-order chi connectivity index (χ1) is 14.0. The van der Waals surface area contributed by atoms with Crippen LogP contribution in [0.3, 0.4) is 0 Å². The fraction of sp³-hybridized carbons (Fsp3) is 0.500. The fourth-order valence-corrected chi connectivity index (χ4v) is 2.72. The average molecular weight is 422 g/mol. The molecule has 8 N–H and O–H groups in total. The zero-order chi connectivity index (χ0) is 22.8. The monoisotopic (exact) mass is 422 g/mol. The predicted molar refractivity (Wildman–Crippen MR) is 109 cm³/mol. The summed E-state index contributed by atoms with van der Waals surface area (Å²) >= 11 is 0. The summed E-state index contributed by atoms with van der Waals surface area (Å²) in [5.74, 6) is -3.40. The molecule has 10 nitrogen and oxygen atoms in total. The number of phenols is 1. The Balaban J connectivity index is 2.99. The molecule has 0 bridgehead atoms. The lowest BCUT2D eigenvalue weighted by Gasteiger charge is -2.25. The van der Waals surface area contributed by atoms with Crippen molar-refractivity contribution in [3.8, 4) is 5.75 Å². The van der Waals surface area contributed by atoms with Crippen LogP contribution in [0.2, 0.25) is 0 Å². The number of benzene rings is 1. The highest BCUT2D eigenvalue weighted by Crippen LogP contribution is 2.13. The normalized spacial score (nSPS) is 14.8. The van der Waals surface area contributed by atoms with Gasteiger partial charge in [0.15, 0.2) is 0 Å². The van der Waals surface area contributed by atoms with E-state index in [4.69, 9.17) is 11.5 Å². The van der Waals surface area contributed by atoms with Crippen molar-refractivity contribution in [2.75, 3.05) is 0 Å². The predicted octanol–water partition coefficient (Wildman–Crippen LogP) is -0.372. The summed E-state index contributed by atoms with van der Waals surface area (Å²) in [6.07, 6.45) is 0.509. The van der Waals surface area contributed by atoms with Crippen LogP contribution < -0.4 is 22.1 Å². The third-order valence-electron chi connectivity index (χ3n) is 4.82. The zero-order valence-electron chi connectivity index (χ0n) is 17.1. The number of carbonyl (C=O) groups is 4. The Hall–Kier alpha value is -3.14. The van der Waals surface area contributed by atoms with E-state index in [2.05, 4.69) is 10.6 Å². The summed E-state index contributed by atoms with van der Waals surface area (Å²) in [7, 11) is 0. The Morgan fingerprint density at radius 1 is 1.07 bits per heavy atom. The molecular weight excluding hydrogens is 392 g/mol. The average Bonchev–Trinajstić information content (AvgIpc) is 2.69. The number of carboxylic acid groups (broad SMARTS) is 1. The second-order valence-corrected chi connectivity index (χ2v) is 7.25. The first-order valence-electron chi connectivity index (χ1n) is 9.70. The van der Waals surface area contributed by atoms with Crippen molar-refractivity contribution in [1.29, 1.82) is 0 Å². The Bertz CT molecular complexity index is 752. The van der Waals surface area contributed by atoms with Crippen molar-refractivity contribution in [2.45, 2.75) is 57.7 Å². The second kappa shape index (κ2) is 11.8. The number of primary amides is 1. The quantitative estimate of drug-likeness (QED) is 0.265. The minimum Gasteiger partial charge on any atom is -0.508 e. The van der Waals surface area contributed by atoms with Crippen molar-refractivity contribution in [1.82, 2.24) is 10.6 Å². The van der Waals surface area contributed by atoms with Gasteiger partial charge in [0.25, 0.3) is 0 Å². The standard InChI is InChI=1S/C20H30N4O6/c1-3-11(2)17(20(29)30)24-19(28)15(10-12-4-6-13(25)7-5-12)23-18(27)14(21)8-9-16(22)26/h4-7,11,14-15,17,25H,3,8-10,21H2,1-2H3,(H2,22,26)(H,23,27)(H,24,28)(H,29,30). The maximum atomic E-state index is 12.8. The summed E-state index contributed by atoms with van der Waals surface area (Å²) in [4.78, 5) is 47.7. The highest BCUT2D eigenvalue weighted by atomic mass is 16.4. The molecule has 1 rings (SSSR count). The number of rotatable bonds is 12. The zero-order valence-corrected chi connectivity index (χ0v) is 17.1. The molecule has 0 aliphatic heterocycles. The van der Waals surface area contributed by atoms with Crippen LogP contribution in [-0.4, -0.2) is 52.0 Å². The molecule has 10 heteroatoms. The topological polar surface area (TPSA) is 185 Å². The Kier molecular flexibility index (Phi) is 9.76. The lowest BCUT2D eigenvalue weighted by molar-refractivity contribution is -0.143. The van der Waals surface area contributed by atoms with Crippen LogP contribution in [0.15, 0.2) is 24.3 Å². The summed E-state index contributed by atoms with van der Waals surface area (Å²) < 4.78 is 0. The van der Waals surface area contributed by atoms with Gasteiger partial charge in [-0.3, -0.25) is 14.4 Å². The van der Waals surface area contributed by atoms with E-state index in [1.165, 1.54) is 12.1 Å². The van der Waals surface area contributed by atoms with Crippen LogP contribution in [0.1, 0.15) is 38.7 Å². The molecule has 166 valence electrons. The summed E-state index contributed by atoms with van der Waals surface area (Å²) in [6.45, 7) is 3.51. The number of amides is 3. The lowest BCUT2D eigenvalue weighted by atomic mass is 9.98. The molecule has 0 heterocycles. The second-order valence-electron chi connectivity index (χ2n) is 7.25. The van der Waals surface area contributed by atoms with E-state index in [1.54, 1.807) is 26.0 Å². The van der Waals surface area contributed by atoms with E-state index in [0.29, 0.717) is 12.0 Å². The smallest absolute Gasteiger partial charge is 0.326 e. The number of aromatic hydroxyl groups is 1. The Morgan fingerprint density at radius 3 is 2.17 bits per heavy atom. The molecule has 3 amide bonds. The first-order valence-corrected chi connectivity index (χ1v) is 9.70. The van der Waals surface area contributed by atoms with Crippen molar-refractivity contribution in [3.63, 3.8) is 0 Å². The van der Waals surface area contributed by atoms with Gasteiger partial charge in [0.1, 0.15) is 17.8 Å². The molecule has 0 radical (unpaired) electrons. The highest BCUT2D eigenvalue weighted by Gasteiger charge is 2.30. The molecule has 30 heavy (non-hydrogen) atoms. The van der Waals surface area contributed by atoms with E-state index < -0.39 is 41.8 Å². The van der Waals surface area contributed by atoms with Crippen LogP contribution in [0, 0.1) is 5.92 Å². The SMILES string of the molecule is CCC(C)C(NC(=O)C(Cc1ccc(O)cc1)NC(=O)C(N)CCC(N)=O)C(=O)O. The van der Waals surface area contributed by atoms with Crippen molar-refractivity contribution < 1.29 is 29.4 Å². The number of hydrogen-bond acceptors (Lipinski definition) is 6. The molecule has 0 aliphatic rings. The summed E-state index contributed by atoms with van der Waals surface area (Å²) in [6, 6.07) is 2.75. The molecule has 0 saturated heterocycles. The number of nitrogens with two attached hydrogens (primary N) is 2. The molecule has 1 aromatic rings. The first kappa shape index (κ1) is 24.9. The van der Waals surface area contributed by atoms with E-state index in [0.717, 1.165) is 0 Å². The van der Waals surface area contributed by atoms with E-state index >= 15 is 0 Å². The molecular formula is C20H30N4O6. The molecule has 0 aliphatic carbocycles. The highest BCUT2D eigenvalue weighted by molar-refractivity contribution is 5.92. The van der Waals surface area contributed by atoms with E-state index in [9.17, 15) is 29.4 Å².